The summed E-state index contributed by atoms with van der Waals surface area (Å²) in [6, 6.07) is 6.95. The van der Waals surface area contributed by atoms with Crippen molar-refractivity contribution in [2.75, 3.05) is 18.5 Å². The molecule has 0 aromatic heterocycles. The van der Waals surface area contributed by atoms with Crippen molar-refractivity contribution in [3.8, 4) is 5.75 Å². The molecule has 2 rings (SSSR count). The van der Waals surface area contributed by atoms with Gasteiger partial charge in [-0.05, 0) is 25.5 Å². The van der Waals surface area contributed by atoms with Crippen LogP contribution in [0.15, 0.2) is 24.3 Å². The highest BCUT2D eigenvalue weighted by Gasteiger charge is 2.27. The van der Waals surface area contributed by atoms with Crippen LogP contribution in [0.5, 0.6) is 5.75 Å². The van der Waals surface area contributed by atoms with E-state index in [1.165, 1.54) is 0 Å². The van der Waals surface area contributed by atoms with Gasteiger partial charge in [0.2, 0.25) is 5.91 Å². The van der Waals surface area contributed by atoms with Gasteiger partial charge in [0.15, 0.2) is 0 Å². The third-order valence-corrected chi connectivity index (χ3v) is 2.84. The van der Waals surface area contributed by atoms with Gasteiger partial charge in [0.1, 0.15) is 5.75 Å². The lowest BCUT2D eigenvalue weighted by molar-refractivity contribution is -0.117. The number of benzene rings is 1. The Morgan fingerprint density at radius 3 is 3.00 bits per heavy atom. The summed E-state index contributed by atoms with van der Waals surface area (Å²) in [6.07, 6.45) is 0.0206. The Balaban J connectivity index is 0.00000180. The summed E-state index contributed by atoms with van der Waals surface area (Å²) in [4.78, 5) is 11.9. The third kappa shape index (κ3) is 4.38. The Morgan fingerprint density at radius 2 is 2.37 bits per heavy atom. The second kappa shape index (κ2) is 7.33. The monoisotopic (exact) mass is 286 g/mol. The number of carbonyl (C=O) groups excluding carboxylic acids is 1. The van der Waals surface area contributed by atoms with Crippen LogP contribution in [0.3, 0.4) is 0 Å². The highest BCUT2D eigenvalue weighted by molar-refractivity contribution is 5.95. The molecule has 0 radical (unpaired) electrons. The molecule has 2 atom stereocenters. The summed E-state index contributed by atoms with van der Waals surface area (Å²) in [7, 11) is 0. The van der Waals surface area contributed by atoms with Crippen LogP contribution < -0.4 is 15.4 Å². The van der Waals surface area contributed by atoms with Crippen LogP contribution >= 0.6 is 12.4 Å². The Hall–Kier alpha value is -1.30. The lowest BCUT2D eigenvalue weighted by atomic mass is 10.2. The van der Waals surface area contributed by atoms with Gasteiger partial charge in [0.25, 0.3) is 0 Å². The molecule has 0 bridgehead atoms. The average molecular weight is 287 g/mol. The number of β-amino-alcohol motifs (C(OH)–C–C–N with tert-alkyl or cyclic N) is 1. The molecule has 1 amide bonds. The van der Waals surface area contributed by atoms with E-state index in [0.717, 1.165) is 5.75 Å². The van der Waals surface area contributed by atoms with Crippen LogP contribution in [0.1, 0.15) is 13.3 Å². The van der Waals surface area contributed by atoms with Gasteiger partial charge in [-0.1, -0.05) is 6.07 Å². The predicted molar refractivity (Wildman–Crippen MR) is 75.9 cm³/mol. The zero-order chi connectivity index (χ0) is 13.0. The van der Waals surface area contributed by atoms with Gasteiger partial charge in [-0.25, -0.2) is 0 Å². The minimum atomic E-state index is -0.435. The van der Waals surface area contributed by atoms with E-state index in [2.05, 4.69) is 10.6 Å². The van der Waals surface area contributed by atoms with Crippen LogP contribution in [-0.2, 0) is 4.79 Å². The van der Waals surface area contributed by atoms with E-state index in [0.29, 0.717) is 25.3 Å². The number of hydrogen-bond acceptors (Lipinski definition) is 4. The van der Waals surface area contributed by atoms with E-state index in [1.54, 1.807) is 6.07 Å². The summed E-state index contributed by atoms with van der Waals surface area (Å²) < 4.78 is 5.36. The van der Waals surface area contributed by atoms with Crippen molar-refractivity contribution in [2.45, 2.75) is 25.5 Å². The fourth-order valence-electron chi connectivity index (χ4n) is 1.98. The molecule has 0 spiro atoms. The molecule has 6 heteroatoms. The fourth-order valence-corrected chi connectivity index (χ4v) is 1.98. The molecule has 106 valence electrons. The average Bonchev–Trinajstić information content (AvgIpc) is 2.77. The fraction of sp³-hybridized carbons (Fsp3) is 0.462. The number of hydrogen-bond donors (Lipinski definition) is 3. The predicted octanol–water partition coefficient (Wildman–Crippen LogP) is 1.17. The molecule has 0 aliphatic carbocycles. The molecule has 1 saturated heterocycles. The molecule has 1 aromatic rings. The van der Waals surface area contributed by atoms with Crippen molar-refractivity contribution >= 4 is 24.0 Å². The third-order valence-electron chi connectivity index (χ3n) is 2.84. The molecule has 1 fully saturated rings. The van der Waals surface area contributed by atoms with Gasteiger partial charge in [-0.2, -0.15) is 0 Å². The Labute approximate surface area is 118 Å². The van der Waals surface area contributed by atoms with E-state index in [1.807, 2.05) is 25.1 Å². The summed E-state index contributed by atoms with van der Waals surface area (Å²) in [6.45, 7) is 2.97. The second-order valence-corrected chi connectivity index (χ2v) is 4.30. The van der Waals surface area contributed by atoms with Crippen LogP contribution in [0.4, 0.5) is 5.69 Å². The number of ether oxygens (including phenoxy) is 1. The number of rotatable bonds is 4. The number of anilines is 1. The molecule has 2 unspecified atom stereocenters. The maximum Gasteiger partial charge on any atom is 0.241 e. The molecule has 3 N–H and O–H groups in total. The molecule has 1 heterocycles. The first-order valence-corrected chi connectivity index (χ1v) is 6.14. The SMILES string of the molecule is CCOc1cccc(NC(=O)C2CC(O)CN2)c1.Cl. The lowest BCUT2D eigenvalue weighted by Crippen LogP contribution is -2.35. The smallest absolute Gasteiger partial charge is 0.241 e. The number of aliphatic hydroxyl groups excluding tert-OH is 1. The van der Waals surface area contributed by atoms with Crippen LogP contribution in [0.2, 0.25) is 0 Å². The molecule has 1 aromatic carbocycles. The largest absolute Gasteiger partial charge is 0.494 e. The molecule has 1 aliphatic heterocycles. The van der Waals surface area contributed by atoms with E-state index < -0.39 is 6.10 Å². The minimum Gasteiger partial charge on any atom is -0.494 e. The Kier molecular flexibility index (Phi) is 6.08. The maximum absolute atomic E-state index is 11.9. The Bertz CT molecular complexity index is 428. The van der Waals surface area contributed by atoms with E-state index >= 15 is 0 Å². The van der Waals surface area contributed by atoms with Crippen LogP contribution in [0.25, 0.3) is 0 Å². The van der Waals surface area contributed by atoms with E-state index in [9.17, 15) is 9.90 Å². The van der Waals surface area contributed by atoms with E-state index in [4.69, 9.17) is 4.74 Å². The lowest BCUT2D eigenvalue weighted by Gasteiger charge is -2.12. The van der Waals surface area contributed by atoms with Gasteiger partial charge >= 0.3 is 0 Å². The number of carbonyl (C=O) groups is 1. The van der Waals surface area contributed by atoms with Crippen molar-refractivity contribution < 1.29 is 14.6 Å². The van der Waals surface area contributed by atoms with Gasteiger partial charge in [-0.15, -0.1) is 12.4 Å². The van der Waals surface area contributed by atoms with Gasteiger partial charge < -0.3 is 20.5 Å². The van der Waals surface area contributed by atoms with Crippen molar-refractivity contribution in [1.29, 1.82) is 0 Å². The summed E-state index contributed by atoms with van der Waals surface area (Å²) in [5.41, 5.74) is 0.703. The highest BCUT2D eigenvalue weighted by atomic mass is 35.5. The second-order valence-electron chi connectivity index (χ2n) is 4.30. The summed E-state index contributed by atoms with van der Waals surface area (Å²) in [5, 5.41) is 15.1. The standard InChI is InChI=1S/C13H18N2O3.ClH/c1-2-18-11-5-3-4-9(6-11)15-13(17)12-7-10(16)8-14-12;/h3-6,10,12,14,16H,2,7-8H2,1H3,(H,15,17);1H. The molecule has 5 nitrogen and oxygen atoms in total. The molecular formula is C13H19ClN2O3. The number of amides is 1. The number of halogens is 1. The Morgan fingerprint density at radius 1 is 1.58 bits per heavy atom. The topological polar surface area (TPSA) is 70.6 Å². The van der Waals surface area contributed by atoms with Gasteiger partial charge in [-0.3, -0.25) is 4.79 Å². The minimum absolute atomic E-state index is 0. The van der Waals surface area contributed by atoms with E-state index in [-0.39, 0.29) is 24.4 Å². The maximum atomic E-state index is 11.9. The molecule has 1 aliphatic rings. The van der Waals surface area contributed by atoms with Crippen molar-refractivity contribution in [3.05, 3.63) is 24.3 Å². The van der Waals surface area contributed by atoms with Gasteiger partial charge in [0, 0.05) is 18.3 Å². The van der Waals surface area contributed by atoms with Crippen LogP contribution in [-0.4, -0.2) is 36.3 Å². The summed E-state index contributed by atoms with van der Waals surface area (Å²) >= 11 is 0. The highest BCUT2D eigenvalue weighted by Crippen LogP contribution is 2.18. The zero-order valence-corrected chi connectivity index (χ0v) is 11.6. The first-order chi connectivity index (χ1) is 8.69. The zero-order valence-electron chi connectivity index (χ0n) is 10.8. The van der Waals surface area contributed by atoms with Gasteiger partial charge in [0.05, 0.1) is 18.8 Å². The number of aliphatic hydroxyl groups is 1. The van der Waals surface area contributed by atoms with Crippen molar-refractivity contribution in [2.24, 2.45) is 0 Å². The quantitative estimate of drug-likeness (QED) is 0.777. The first kappa shape index (κ1) is 15.8. The molecular weight excluding hydrogens is 268 g/mol. The number of nitrogens with one attached hydrogen (secondary N) is 2. The van der Waals surface area contributed by atoms with Crippen molar-refractivity contribution in [3.63, 3.8) is 0 Å². The van der Waals surface area contributed by atoms with Crippen molar-refractivity contribution in [1.82, 2.24) is 5.32 Å². The molecule has 19 heavy (non-hydrogen) atoms. The normalized spacial score (nSPS) is 21.6. The first-order valence-electron chi connectivity index (χ1n) is 6.14. The molecule has 0 saturated carbocycles. The summed E-state index contributed by atoms with van der Waals surface area (Å²) in [5.74, 6) is 0.606. The van der Waals surface area contributed by atoms with Crippen LogP contribution in [0, 0.1) is 0 Å².